The lowest BCUT2D eigenvalue weighted by Crippen LogP contribution is -2.43. The van der Waals surface area contributed by atoms with Gasteiger partial charge in [-0.2, -0.15) is 9.97 Å². The fraction of sp³-hybridized carbons (Fsp3) is 0.650. The number of halogens is 4. The summed E-state index contributed by atoms with van der Waals surface area (Å²) >= 11 is 5.86. The van der Waals surface area contributed by atoms with Crippen molar-refractivity contribution in [1.82, 2.24) is 19.9 Å². The van der Waals surface area contributed by atoms with Crippen LogP contribution in [0.1, 0.15) is 32.6 Å². The lowest BCUT2D eigenvalue weighted by atomic mass is 9.95. The number of alkyl halides is 2. The summed E-state index contributed by atoms with van der Waals surface area (Å²) in [5.74, 6) is -0.391. The van der Waals surface area contributed by atoms with E-state index in [9.17, 15) is 13.2 Å². The van der Waals surface area contributed by atoms with Gasteiger partial charge < -0.3 is 9.64 Å². The summed E-state index contributed by atoms with van der Waals surface area (Å²) in [7, 11) is 0. The second-order valence-corrected chi connectivity index (χ2v) is 8.78. The zero-order chi connectivity index (χ0) is 21.0. The van der Waals surface area contributed by atoms with Crippen LogP contribution in [0, 0.1) is 5.82 Å². The topological polar surface area (TPSA) is 54.4 Å². The van der Waals surface area contributed by atoms with Crippen LogP contribution in [0.25, 0.3) is 10.9 Å². The van der Waals surface area contributed by atoms with Crippen molar-refractivity contribution in [3.63, 3.8) is 0 Å². The molecule has 2 saturated heterocycles. The molecule has 5 rings (SSSR count). The summed E-state index contributed by atoms with van der Waals surface area (Å²) in [5, 5.41) is 0.0584. The van der Waals surface area contributed by atoms with E-state index in [0.29, 0.717) is 37.1 Å². The number of hydrogen-bond acceptors (Lipinski definition) is 6. The quantitative estimate of drug-likeness (QED) is 0.637. The summed E-state index contributed by atoms with van der Waals surface area (Å²) in [4.78, 5) is 16.5. The number of ether oxygens (including phenoxy) is 1. The molecular weight excluding hydrogens is 419 g/mol. The monoisotopic (exact) mass is 441 g/mol. The molecule has 1 aliphatic carbocycles. The van der Waals surface area contributed by atoms with Gasteiger partial charge in [0.05, 0.1) is 17.0 Å². The minimum Gasteiger partial charge on any atom is -0.461 e. The maximum Gasteiger partial charge on any atom is 0.319 e. The van der Waals surface area contributed by atoms with Crippen LogP contribution >= 0.6 is 11.6 Å². The van der Waals surface area contributed by atoms with E-state index in [1.165, 1.54) is 6.20 Å². The van der Waals surface area contributed by atoms with E-state index in [1.54, 1.807) is 4.90 Å². The highest BCUT2D eigenvalue weighted by atomic mass is 35.5. The molecular formula is C20H23ClF3N5O. The molecule has 4 heterocycles. The van der Waals surface area contributed by atoms with Crippen molar-refractivity contribution in [2.45, 2.75) is 56.5 Å². The normalized spacial score (nSPS) is 30.6. The van der Waals surface area contributed by atoms with E-state index < -0.39 is 18.2 Å². The predicted octanol–water partition coefficient (Wildman–Crippen LogP) is 3.71. The Balaban J connectivity index is 1.51. The van der Waals surface area contributed by atoms with Crippen molar-refractivity contribution in [3.8, 4) is 6.01 Å². The van der Waals surface area contributed by atoms with Crippen LogP contribution in [0.5, 0.6) is 6.01 Å². The molecule has 2 aromatic heterocycles. The number of hydrogen-bond donors (Lipinski definition) is 0. The van der Waals surface area contributed by atoms with Gasteiger partial charge in [-0.15, -0.1) is 0 Å². The smallest absolute Gasteiger partial charge is 0.319 e. The molecule has 0 spiro atoms. The first-order chi connectivity index (χ1) is 14.4. The molecule has 1 saturated carbocycles. The van der Waals surface area contributed by atoms with Crippen LogP contribution in [0.4, 0.5) is 19.0 Å². The number of rotatable bonds is 6. The molecule has 30 heavy (non-hydrogen) atoms. The van der Waals surface area contributed by atoms with E-state index >= 15 is 0 Å². The van der Waals surface area contributed by atoms with Gasteiger partial charge in [-0.1, -0.05) is 11.6 Å². The number of pyridine rings is 1. The number of fused-ring (bicyclic) bond motifs is 2. The lowest BCUT2D eigenvalue weighted by molar-refractivity contribution is 0.107. The van der Waals surface area contributed by atoms with Crippen LogP contribution in [-0.4, -0.2) is 70.0 Å². The average Bonchev–Trinajstić information content (AvgIpc) is 3.16. The van der Waals surface area contributed by atoms with Gasteiger partial charge in [-0.05, 0) is 26.3 Å². The molecule has 162 valence electrons. The molecule has 0 radical (unpaired) electrons. The molecule has 4 atom stereocenters. The van der Waals surface area contributed by atoms with Crippen molar-refractivity contribution in [1.29, 1.82) is 0 Å². The van der Waals surface area contributed by atoms with Crippen molar-refractivity contribution < 1.29 is 17.9 Å². The predicted molar refractivity (Wildman–Crippen MR) is 107 cm³/mol. The van der Waals surface area contributed by atoms with E-state index in [0.717, 1.165) is 19.4 Å². The van der Waals surface area contributed by atoms with Crippen LogP contribution in [-0.2, 0) is 0 Å². The zero-order valence-corrected chi connectivity index (χ0v) is 17.4. The van der Waals surface area contributed by atoms with E-state index in [-0.39, 0.29) is 34.9 Å². The average molecular weight is 442 g/mol. The van der Waals surface area contributed by atoms with Gasteiger partial charge in [-0.25, -0.2) is 18.2 Å². The zero-order valence-electron chi connectivity index (χ0n) is 16.6. The third kappa shape index (κ3) is 3.26. The summed E-state index contributed by atoms with van der Waals surface area (Å²) in [5.41, 5.74) is -0.391. The molecule has 0 amide bonds. The first-order valence-electron chi connectivity index (χ1n) is 10.4. The summed E-state index contributed by atoms with van der Waals surface area (Å²) in [6, 6.07) is -0.331. The highest BCUT2D eigenvalue weighted by molar-refractivity contribution is 6.30. The first kappa shape index (κ1) is 20.1. The molecule has 0 bridgehead atoms. The van der Waals surface area contributed by atoms with Crippen molar-refractivity contribution in [2.24, 2.45) is 0 Å². The van der Waals surface area contributed by atoms with E-state index in [2.05, 4.69) is 19.9 Å². The Hall–Kier alpha value is -1.87. The Morgan fingerprint density at radius 1 is 1.37 bits per heavy atom. The van der Waals surface area contributed by atoms with Crippen LogP contribution in [0.3, 0.4) is 0 Å². The standard InChI is InChI=1S/C20H23ClF3N5O/c1-2-29(14-6-13(14)23)18-12-8-25-17(21)15(24)16(12)26-19(27-18)30-10-20-4-3-5-28(20)9-11(22)7-20/h8,11,13-14H,2-7,9-10H2,1H3/t11-,13+,14+,20+/m1/s1. The summed E-state index contributed by atoms with van der Waals surface area (Å²) in [6.45, 7) is 3.84. The van der Waals surface area contributed by atoms with Gasteiger partial charge in [0, 0.05) is 32.1 Å². The van der Waals surface area contributed by atoms with E-state index in [4.69, 9.17) is 16.3 Å². The number of anilines is 1. The highest BCUT2D eigenvalue weighted by Gasteiger charge is 2.49. The molecule has 10 heteroatoms. The number of aromatic nitrogens is 3. The molecule has 6 nitrogen and oxygen atoms in total. The Morgan fingerprint density at radius 2 is 2.17 bits per heavy atom. The van der Waals surface area contributed by atoms with Crippen molar-refractivity contribution in [3.05, 3.63) is 17.2 Å². The molecule has 3 aliphatic rings. The maximum atomic E-state index is 14.7. The van der Waals surface area contributed by atoms with E-state index in [1.807, 2.05) is 6.92 Å². The largest absolute Gasteiger partial charge is 0.461 e. The second kappa shape index (κ2) is 7.37. The summed E-state index contributed by atoms with van der Waals surface area (Å²) in [6.07, 6.45) is 2.20. The highest BCUT2D eigenvalue weighted by Crippen LogP contribution is 2.41. The minimum absolute atomic E-state index is 0.0138. The van der Waals surface area contributed by atoms with Crippen LogP contribution in [0.2, 0.25) is 5.15 Å². The van der Waals surface area contributed by atoms with Gasteiger partial charge in [-0.3, -0.25) is 4.90 Å². The Kier molecular flexibility index (Phi) is 4.93. The van der Waals surface area contributed by atoms with Gasteiger partial charge >= 0.3 is 6.01 Å². The van der Waals surface area contributed by atoms with Gasteiger partial charge in [0.1, 0.15) is 30.3 Å². The van der Waals surface area contributed by atoms with Crippen molar-refractivity contribution >= 4 is 28.3 Å². The Bertz CT molecular complexity index is 981. The molecule has 0 unspecified atom stereocenters. The Labute approximate surface area is 177 Å². The fourth-order valence-corrected chi connectivity index (χ4v) is 5.08. The fourth-order valence-electron chi connectivity index (χ4n) is 4.95. The Morgan fingerprint density at radius 3 is 2.90 bits per heavy atom. The lowest BCUT2D eigenvalue weighted by Gasteiger charge is -2.31. The SMILES string of the molecule is CCN(c1nc(OC[C@@]23CCCN2C[C@H](F)C3)nc2c(F)c(Cl)ncc12)[C@H]1C[C@@H]1F. The molecule has 2 aromatic rings. The van der Waals surface area contributed by atoms with Crippen LogP contribution in [0.15, 0.2) is 6.20 Å². The van der Waals surface area contributed by atoms with Crippen molar-refractivity contribution in [2.75, 3.05) is 31.1 Å². The molecule has 0 N–H and O–H groups in total. The van der Waals surface area contributed by atoms with Crippen LogP contribution < -0.4 is 9.64 Å². The second-order valence-electron chi connectivity index (χ2n) is 8.42. The van der Waals surface area contributed by atoms with Gasteiger partial charge in [0.15, 0.2) is 11.0 Å². The molecule has 0 aromatic carbocycles. The number of nitrogens with zero attached hydrogens (tertiary/aromatic N) is 5. The first-order valence-corrected chi connectivity index (χ1v) is 10.7. The maximum absolute atomic E-state index is 14.7. The molecule has 2 aliphatic heterocycles. The minimum atomic E-state index is -0.949. The van der Waals surface area contributed by atoms with Gasteiger partial charge in [0.2, 0.25) is 0 Å². The third-order valence-corrected chi connectivity index (χ3v) is 6.79. The third-order valence-electron chi connectivity index (χ3n) is 6.53. The van der Waals surface area contributed by atoms with Gasteiger partial charge in [0.25, 0.3) is 0 Å². The molecule has 3 fully saturated rings. The summed E-state index contributed by atoms with van der Waals surface area (Å²) < 4.78 is 48.5.